The van der Waals surface area contributed by atoms with Crippen LogP contribution < -0.4 is 5.32 Å². The van der Waals surface area contributed by atoms with Gasteiger partial charge in [0.25, 0.3) is 0 Å². The van der Waals surface area contributed by atoms with Crippen LogP contribution >= 0.6 is 12.4 Å². The standard InChI is InChI=1S/C12H20N6O.ClH/c19-12(8-18-9-14-15-16-18)17-6-3-10(4-7-17)11-2-1-5-13-11;/h9-11,13H,1-8H2;1H. The number of carbonyl (C=O) groups excluding carboxylic acids is 1. The van der Waals surface area contributed by atoms with Crippen LogP contribution in [0.2, 0.25) is 0 Å². The number of tetrazole rings is 1. The zero-order valence-electron chi connectivity index (χ0n) is 11.4. The van der Waals surface area contributed by atoms with Crippen LogP contribution in [0.15, 0.2) is 6.33 Å². The molecule has 1 unspecified atom stereocenters. The van der Waals surface area contributed by atoms with Crippen molar-refractivity contribution in [2.75, 3.05) is 19.6 Å². The normalized spacial score (nSPS) is 23.6. The van der Waals surface area contributed by atoms with Gasteiger partial charge in [-0.25, -0.2) is 4.68 Å². The second kappa shape index (κ2) is 6.99. The summed E-state index contributed by atoms with van der Waals surface area (Å²) in [6, 6.07) is 0.678. The fourth-order valence-electron chi connectivity index (χ4n) is 3.16. The highest BCUT2D eigenvalue weighted by Gasteiger charge is 2.29. The molecule has 1 amide bonds. The van der Waals surface area contributed by atoms with Gasteiger partial charge in [-0.1, -0.05) is 0 Å². The average Bonchev–Trinajstić information content (AvgIpc) is 3.12. The molecular formula is C12H21ClN6O. The molecule has 1 aromatic rings. The summed E-state index contributed by atoms with van der Waals surface area (Å²) >= 11 is 0. The fraction of sp³-hybridized carbons (Fsp3) is 0.833. The van der Waals surface area contributed by atoms with E-state index in [0.29, 0.717) is 6.04 Å². The van der Waals surface area contributed by atoms with Crippen LogP contribution in [-0.2, 0) is 11.3 Å². The first kappa shape index (κ1) is 15.2. The van der Waals surface area contributed by atoms with E-state index in [9.17, 15) is 4.79 Å². The molecule has 7 nitrogen and oxygen atoms in total. The van der Waals surface area contributed by atoms with E-state index in [1.807, 2.05) is 4.90 Å². The first-order valence-corrected chi connectivity index (χ1v) is 7.05. The molecule has 2 saturated heterocycles. The van der Waals surface area contributed by atoms with Gasteiger partial charge in [0.05, 0.1) is 0 Å². The zero-order valence-corrected chi connectivity index (χ0v) is 12.3. The van der Waals surface area contributed by atoms with Crippen molar-refractivity contribution < 1.29 is 4.79 Å². The van der Waals surface area contributed by atoms with Crippen molar-refractivity contribution in [3.8, 4) is 0 Å². The maximum absolute atomic E-state index is 12.1. The van der Waals surface area contributed by atoms with Crippen molar-refractivity contribution in [3.05, 3.63) is 6.33 Å². The molecular weight excluding hydrogens is 280 g/mol. The minimum Gasteiger partial charge on any atom is -0.341 e. The summed E-state index contributed by atoms with van der Waals surface area (Å²) in [7, 11) is 0. The van der Waals surface area contributed by atoms with Gasteiger partial charge in [-0.2, -0.15) is 0 Å². The minimum absolute atomic E-state index is 0. The number of amides is 1. The summed E-state index contributed by atoms with van der Waals surface area (Å²) in [5.41, 5.74) is 0. The number of hydrogen-bond donors (Lipinski definition) is 1. The topological polar surface area (TPSA) is 75.9 Å². The van der Waals surface area contributed by atoms with Crippen LogP contribution in [0.3, 0.4) is 0 Å². The smallest absolute Gasteiger partial charge is 0.244 e. The van der Waals surface area contributed by atoms with E-state index in [1.54, 1.807) is 0 Å². The number of nitrogens with one attached hydrogen (secondary N) is 1. The third-order valence-electron chi connectivity index (χ3n) is 4.25. The Bertz CT molecular complexity index is 412. The lowest BCUT2D eigenvalue weighted by molar-refractivity contribution is -0.133. The van der Waals surface area contributed by atoms with E-state index in [0.717, 1.165) is 38.4 Å². The summed E-state index contributed by atoms with van der Waals surface area (Å²) in [5.74, 6) is 0.852. The van der Waals surface area contributed by atoms with Crippen molar-refractivity contribution in [1.29, 1.82) is 0 Å². The lowest BCUT2D eigenvalue weighted by atomic mass is 9.88. The van der Waals surface area contributed by atoms with Crippen LogP contribution in [0, 0.1) is 5.92 Å². The third-order valence-corrected chi connectivity index (χ3v) is 4.25. The quantitative estimate of drug-likeness (QED) is 0.856. The molecule has 0 saturated carbocycles. The van der Waals surface area contributed by atoms with E-state index in [1.165, 1.54) is 23.9 Å². The second-order valence-electron chi connectivity index (χ2n) is 5.43. The molecule has 0 radical (unpaired) electrons. The third kappa shape index (κ3) is 3.46. The Balaban J connectivity index is 0.00000147. The van der Waals surface area contributed by atoms with Crippen LogP contribution in [0.4, 0.5) is 0 Å². The summed E-state index contributed by atoms with van der Waals surface area (Å²) < 4.78 is 1.48. The monoisotopic (exact) mass is 300 g/mol. The second-order valence-corrected chi connectivity index (χ2v) is 5.43. The van der Waals surface area contributed by atoms with E-state index >= 15 is 0 Å². The van der Waals surface area contributed by atoms with Gasteiger partial charge in [-0.15, -0.1) is 17.5 Å². The fourth-order valence-corrected chi connectivity index (χ4v) is 3.16. The highest BCUT2D eigenvalue weighted by molar-refractivity contribution is 5.85. The minimum atomic E-state index is 0. The maximum atomic E-state index is 12.1. The lowest BCUT2D eigenvalue weighted by Gasteiger charge is -2.34. The number of rotatable bonds is 3. The summed E-state index contributed by atoms with van der Waals surface area (Å²) in [4.78, 5) is 14.0. The molecule has 1 atom stereocenters. The molecule has 0 spiro atoms. The largest absolute Gasteiger partial charge is 0.341 e. The highest BCUT2D eigenvalue weighted by atomic mass is 35.5. The van der Waals surface area contributed by atoms with E-state index in [-0.39, 0.29) is 24.9 Å². The number of piperidine rings is 1. The molecule has 20 heavy (non-hydrogen) atoms. The van der Waals surface area contributed by atoms with Crippen LogP contribution in [0.5, 0.6) is 0 Å². The van der Waals surface area contributed by atoms with Gasteiger partial charge >= 0.3 is 0 Å². The molecule has 0 bridgehead atoms. The van der Waals surface area contributed by atoms with Gasteiger partial charge < -0.3 is 10.2 Å². The molecule has 3 rings (SSSR count). The zero-order chi connectivity index (χ0) is 13.1. The van der Waals surface area contributed by atoms with E-state index < -0.39 is 0 Å². The van der Waals surface area contributed by atoms with E-state index in [2.05, 4.69) is 20.8 Å². The summed E-state index contributed by atoms with van der Waals surface area (Å²) in [6.45, 7) is 3.13. The van der Waals surface area contributed by atoms with Crippen molar-refractivity contribution >= 4 is 18.3 Å². The van der Waals surface area contributed by atoms with Crippen molar-refractivity contribution in [2.24, 2.45) is 5.92 Å². The average molecular weight is 301 g/mol. The van der Waals surface area contributed by atoms with Crippen molar-refractivity contribution in [3.63, 3.8) is 0 Å². The molecule has 2 fully saturated rings. The van der Waals surface area contributed by atoms with Crippen LogP contribution in [-0.4, -0.2) is 56.7 Å². The van der Waals surface area contributed by atoms with Crippen molar-refractivity contribution in [1.82, 2.24) is 30.4 Å². The molecule has 1 N–H and O–H groups in total. The lowest BCUT2D eigenvalue weighted by Crippen LogP contribution is -2.44. The van der Waals surface area contributed by atoms with Crippen molar-refractivity contribution in [2.45, 2.75) is 38.3 Å². The summed E-state index contributed by atoms with van der Waals surface area (Å²) in [5, 5.41) is 14.4. The first-order valence-electron chi connectivity index (χ1n) is 7.05. The molecule has 3 heterocycles. The predicted molar refractivity (Wildman–Crippen MR) is 75.4 cm³/mol. The molecule has 8 heteroatoms. The highest BCUT2D eigenvalue weighted by Crippen LogP contribution is 2.25. The molecule has 0 aromatic carbocycles. The SMILES string of the molecule is Cl.O=C(Cn1cnnn1)N1CCC(C2CCCN2)CC1. The summed E-state index contributed by atoms with van der Waals surface area (Å²) in [6.07, 6.45) is 6.29. The molecule has 1 aromatic heterocycles. The van der Waals surface area contributed by atoms with E-state index in [4.69, 9.17) is 0 Å². The Hall–Kier alpha value is -1.21. The van der Waals surface area contributed by atoms with Gasteiger partial charge in [0.1, 0.15) is 12.9 Å². The Labute approximate surface area is 124 Å². The Morgan fingerprint density at radius 2 is 2.10 bits per heavy atom. The van der Waals surface area contributed by atoms with Gasteiger partial charge in [0.2, 0.25) is 5.91 Å². The van der Waals surface area contributed by atoms with Crippen LogP contribution in [0.25, 0.3) is 0 Å². The number of halogens is 1. The Morgan fingerprint density at radius 1 is 1.30 bits per heavy atom. The Kier molecular flexibility index (Phi) is 5.31. The number of hydrogen-bond acceptors (Lipinski definition) is 5. The Morgan fingerprint density at radius 3 is 2.70 bits per heavy atom. The molecule has 0 aliphatic carbocycles. The maximum Gasteiger partial charge on any atom is 0.244 e. The predicted octanol–water partition coefficient (Wildman–Crippen LogP) is 0.0855. The van der Waals surface area contributed by atoms with Gasteiger partial charge in [0, 0.05) is 19.1 Å². The molecule has 112 valence electrons. The number of aromatic nitrogens is 4. The van der Waals surface area contributed by atoms with Crippen LogP contribution in [0.1, 0.15) is 25.7 Å². The molecule has 2 aliphatic rings. The van der Waals surface area contributed by atoms with Gasteiger partial charge in [-0.3, -0.25) is 4.79 Å². The number of likely N-dealkylation sites (tertiary alicyclic amines) is 1. The molecule has 2 aliphatic heterocycles. The number of nitrogens with zero attached hydrogens (tertiary/aromatic N) is 5. The number of carbonyl (C=O) groups is 1. The van der Waals surface area contributed by atoms with Gasteiger partial charge in [0.15, 0.2) is 0 Å². The first-order chi connectivity index (χ1) is 9.33. The van der Waals surface area contributed by atoms with Gasteiger partial charge in [-0.05, 0) is 48.6 Å².